The molecule has 1 rings (SSSR count). The lowest BCUT2D eigenvalue weighted by Crippen LogP contribution is -2.44. The molecular formula is C13H22FNOSi. The molecule has 2 nitrogen and oxygen atoms in total. The first-order valence-corrected chi connectivity index (χ1v) is 8.76. The van der Waals surface area contributed by atoms with Crippen LogP contribution in [0.1, 0.15) is 26.3 Å². The number of rotatable bonds is 3. The molecule has 0 amide bonds. The minimum Gasteiger partial charge on any atom is -0.542 e. The average Bonchev–Trinajstić information content (AvgIpc) is 2.19. The van der Waals surface area contributed by atoms with E-state index in [9.17, 15) is 4.39 Å². The zero-order chi connectivity index (χ0) is 13.3. The van der Waals surface area contributed by atoms with Gasteiger partial charge in [-0.25, -0.2) is 4.39 Å². The standard InChI is InChI=1S/C13H22FNOSi/c1-13(2,3)17(4,5)16-11-8-6-7-10(9-15)12(11)14/h6-8H,9,15H2,1-5H3. The molecule has 0 saturated heterocycles. The lowest BCUT2D eigenvalue weighted by Gasteiger charge is -2.36. The highest BCUT2D eigenvalue weighted by Gasteiger charge is 2.39. The van der Waals surface area contributed by atoms with Gasteiger partial charge < -0.3 is 10.2 Å². The smallest absolute Gasteiger partial charge is 0.250 e. The van der Waals surface area contributed by atoms with Crippen molar-refractivity contribution in [1.82, 2.24) is 0 Å². The molecule has 2 N–H and O–H groups in total. The molecule has 0 aromatic heterocycles. The molecule has 0 aliphatic carbocycles. The van der Waals surface area contributed by atoms with Crippen LogP contribution in [0.3, 0.4) is 0 Å². The summed E-state index contributed by atoms with van der Waals surface area (Å²) in [5.74, 6) is 0.0133. The Morgan fingerprint density at radius 2 is 1.88 bits per heavy atom. The maximum absolute atomic E-state index is 14.0. The predicted molar refractivity (Wildman–Crippen MR) is 72.1 cm³/mol. The number of hydrogen-bond acceptors (Lipinski definition) is 2. The van der Waals surface area contributed by atoms with Crippen LogP contribution >= 0.6 is 0 Å². The monoisotopic (exact) mass is 255 g/mol. The Hall–Kier alpha value is -0.873. The summed E-state index contributed by atoms with van der Waals surface area (Å²) in [6.45, 7) is 10.8. The minimum absolute atomic E-state index is 0.0537. The molecule has 0 aliphatic heterocycles. The van der Waals surface area contributed by atoms with Crippen LogP contribution in [-0.4, -0.2) is 8.32 Å². The van der Waals surface area contributed by atoms with Crippen molar-refractivity contribution < 1.29 is 8.82 Å². The van der Waals surface area contributed by atoms with E-state index in [1.165, 1.54) is 0 Å². The first kappa shape index (κ1) is 14.2. The van der Waals surface area contributed by atoms with Gasteiger partial charge in [-0.15, -0.1) is 0 Å². The van der Waals surface area contributed by atoms with Gasteiger partial charge in [0.1, 0.15) is 5.75 Å². The van der Waals surface area contributed by atoms with E-state index in [4.69, 9.17) is 10.2 Å². The quantitative estimate of drug-likeness (QED) is 0.836. The molecule has 0 bridgehead atoms. The van der Waals surface area contributed by atoms with Gasteiger partial charge in [-0.1, -0.05) is 32.9 Å². The van der Waals surface area contributed by atoms with E-state index in [0.29, 0.717) is 11.3 Å². The van der Waals surface area contributed by atoms with Crippen LogP contribution < -0.4 is 10.2 Å². The molecule has 4 heteroatoms. The van der Waals surface area contributed by atoms with Crippen molar-refractivity contribution in [1.29, 1.82) is 0 Å². The van der Waals surface area contributed by atoms with E-state index in [-0.39, 0.29) is 17.4 Å². The van der Waals surface area contributed by atoms with Gasteiger partial charge in [-0.2, -0.15) is 0 Å². The van der Waals surface area contributed by atoms with Crippen LogP contribution in [0.25, 0.3) is 0 Å². The van der Waals surface area contributed by atoms with Crippen molar-refractivity contribution in [3.8, 4) is 5.75 Å². The second-order valence-electron chi connectivity index (χ2n) is 5.80. The summed E-state index contributed by atoms with van der Waals surface area (Å²) in [5, 5.41) is 0.0537. The van der Waals surface area contributed by atoms with Gasteiger partial charge in [0.15, 0.2) is 5.82 Å². The average molecular weight is 255 g/mol. The first-order chi connectivity index (χ1) is 7.69. The Labute approximate surface area is 104 Å². The van der Waals surface area contributed by atoms with Gasteiger partial charge in [0, 0.05) is 12.1 Å². The van der Waals surface area contributed by atoms with Crippen molar-refractivity contribution in [2.45, 2.75) is 45.4 Å². The van der Waals surface area contributed by atoms with Crippen LogP contribution in [0.5, 0.6) is 5.75 Å². The van der Waals surface area contributed by atoms with Gasteiger partial charge in [0.25, 0.3) is 8.32 Å². The molecule has 0 saturated carbocycles. The summed E-state index contributed by atoms with van der Waals surface area (Å²) in [5.41, 5.74) is 5.99. The zero-order valence-corrected chi connectivity index (χ0v) is 12.3. The lowest BCUT2D eigenvalue weighted by molar-refractivity contribution is 0.453. The molecule has 0 spiro atoms. The Balaban J connectivity index is 3.04. The number of nitrogens with two attached hydrogens (primary N) is 1. The SMILES string of the molecule is CC(C)(C)[Si](C)(C)Oc1cccc(CN)c1F. The molecule has 0 atom stereocenters. The maximum Gasteiger partial charge on any atom is 0.250 e. The Morgan fingerprint density at radius 1 is 1.29 bits per heavy atom. The van der Waals surface area contributed by atoms with Gasteiger partial charge in [0.05, 0.1) is 0 Å². The molecule has 0 aliphatic rings. The van der Waals surface area contributed by atoms with Gasteiger partial charge >= 0.3 is 0 Å². The molecule has 1 aromatic rings. The van der Waals surface area contributed by atoms with E-state index in [0.717, 1.165) is 0 Å². The molecule has 0 unspecified atom stereocenters. The van der Waals surface area contributed by atoms with Gasteiger partial charge in [-0.05, 0) is 24.2 Å². The zero-order valence-electron chi connectivity index (χ0n) is 11.3. The normalized spacial score (nSPS) is 12.6. The fraction of sp³-hybridized carbons (Fsp3) is 0.538. The third kappa shape index (κ3) is 3.07. The third-order valence-electron chi connectivity index (χ3n) is 3.43. The summed E-state index contributed by atoms with van der Waals surface area (Å²) >= 11 is 0. The molecule has 0 radical (unpaired) electrons. The van der Waals surface area contributed by atoms with Gasteiger partial charge in [0.2, 0.25) is 0 Å². The molecule has 0 heterocycles. The fourth-order valence-corrected chi connectivity index (χ4v) is 2.23. The topological polar surface area (TPSA) is 35.2 Å². The molecule has 17 heavy (non-hydrogen) atoms. The highest BCUT2D eigenvalue weighted by atomic mass is 28.4. The molecule has 0 fully saturated rings. The Bertz CT molecular complexity index is 399. The van der Waals surface area contributed by atoms with Crippen LogP contribution in [0.15, 0.2) is 18.2 Å². The Kier molecular flexibility index (Phi) is 3.99. The van der Waals surface area contributed by atoms with E-state index in [1.54, 1.807) is 18.2 Å². The summed E-state index contributed by atoms with van der Waals surface area (Å²) < 4.78 is 20.0. The lowest BCUT2D eigenvalue weighted by atomic mass is 10.2. The van der Waals surface area contributed by atoms with Crippen LogP contribution in [-0.2, 0) is 6.54 Å². The van der Waals surface area contributed by atoms with Crippen LogP contribution in [0.2, 0.25) is 18.1 Å². The van der Waals surface area contributed by atoms with Crippen molar-refractivity contribution in [2.75, 3.05) is 0 Å². The number of benzene rings is 1. The van der Waals surface area contributed by atoms with Crippen molar-refractivity contribution in [3.05, 3.63) is 29.6 Å². The fourth-order valence-electron chi connectivity index (χ4n) is 1.22. The maximum atomic E-state index is 14.0. The molecule has 1 aromatic carbocycles. The number of hydrogen-bond donors (Lipinski definition) is 1. The van der Waals surface area contributed by atoms with Crippen LogP contribution in [0, 0.1) is 5.82 Å². The second kappa shape index (κ2) is 4.78. The third-order valence-corrected chi connectivity index (χ3v) is 7.78. The van der Waals surface area contributed by atoms with E-state index in [1.807, 2.05) is 0 Å². The Morgan fingerprint density at radius 3 is 2.35 bits per heavy atom. The van der Waals surface area contributed by atoms with Crippen molar-refractivity contribution in [2.24, 2.45) is 5.73 Å². The molecule has 96 valence electrons. The largest absolute Gasteiger partial charge is 0.542 e. The van der Waals surface area contributed by atoms with Crippen molar-refractivity contribution in [3.63, 3.8) is 0 Å². The minimum atomic E-state index is -1.99. The summed E-state index contributed by atoms with van der Waals surface area (Å²) in [4.78, 5) is 0. The highest BCUT2D eigenvalue weighted by Crippen LogP contribution is 2.38. The van der Waals surface area contributed by atoms with E-state index >= 15 is 0 Å². The summed E-state index contributed by atoms with van der Waals surface area (Å²) in [6.07, 6.45) is 0. The summed E-state index contributed by atoms with van der Waals surface area (Å²) in [7, 11) is -1.99. The van der Waals surface area contributed by atoms with Gasteiger partial charge in [-0.3, -0.25) is 0 Å². The van der Waals surface area contributed by atoms with Crippen molar-refractivity contribution >= 4 is 8.32 Å². The molecular weight excluding hydrogens is 233 g/mol. The highest BCUT2D eigenvalue weighted by molar-refractivity contribution is 6.74. The number of halogens is 1. The second-order valence-corrected chi connectivity index (χ2v) is 10.5. The summed E-state index contributed by atoms with van der Waals surface area (Å²) in [6, 6.07) is 5.15. The van der Waals surface area contributed by atoms with E-state index in [2.05, 4.69) is 33.9 Å². The van der Waals surface area contributed by atoms with Crippen LogP contribution in [0.4, 0.5) is 4.39 Å². The predicted octanol–water partition coefficient (Wildman–Crippen LogP) is 3.67. The van der Waals surface area contributed by atoms with E-state index < -0.39 is 8.32 Å². The first-order valence-electron chi connectivity index (χ1n) is 5.85.